The molecule has 16 atom stereocenters. The maximum Gasteiger partial charge on any atom is 0.308 e. The molecule has 0 spiro atoms. The van der Waals surface area contributed by atoms with Gasteiger partial charge in [-0.1, -0.05) is 27.7 Å². The highest BCUT2D eigenvalue weighted by atomic mass is 16.7. The van der Waals surface area contributed by atoms with Crippen LogP contribution in [0.2, 0.25) is 0 Å². The predicted molar refractivity (Wildman–Crippen MR) is 196 cm³/mol. The number of aliphatic hydroxyl groups is 5. The second-order valence-electron chi connectivity index (χ2n) is 16.9. The molecule has 2 aliphatic rings. The number of hydrogen-bond donors (Lipinski definition) is 5. The van der Waals surface area contributed by atoms with Crippen molar-refractivity contribution < 1.29 is 58.7 Å². The van der Waals surface area contributed by atoms with E-state index in [0.29, 0.717) is 19.4 Å². The smallest absolute Gasteiger partial charge is 0.308 e. The molecule has 14 heteroatoms. The van der Waals surface area contributed by atoms with Gasteiger partial charge in [0.15, 0.2) is 12.6 Å². The fourth-order valence-corrected chi connectivity index (χ4v) is 7.82. The lowest BCUT2D eigenvalue weighted by Crippen LogP contribution is -2.60. The third-order valence-electron chi connectivity index (χ3n) is 11.3. The highest BCUT2D eigenvalue weighted by Gasteiger charge is 2.50. The molecule has 9 unspecified atom stereocenters. The topological polar surface area (TPSA) is 180 Å². The number of aliphatic hydroxyl groups excluding tert-OH is 3. The third kappa shape index (κ3) is 11.8. The van der Waals surface area contributed by atoms with Crippen molar-refractivity contribution >= 4 is 5.97 Å². The Labute approximate surface area is 313 Å². The molecule has 0 amide bonds. The van der Waals surface area contributed by atoms with Gasteiger partial charge in [-0.05, 0) is 94.8 Å². The largest absolute Gasteiger partial charge is 0.459 e. The monoisotopic (exact) mass is 751 g/mol. The Balaban J connectivity index is 2.30. The van der Waals surface area contributed by atoms with E-state index in [9.17, 15) is 30.3 Å². The lowest BCUT2D eigenvalue weighted by molar-refractivity contribution is -0.328. The Morgan fingerprint density at radius 2 is 1.62 bits per heavy atom. The zero-order valence-electron chi connectivity index (χ0n) is 34.6. The maximum atomic E-state index is 12.3. The molecule has 0 saturated carbocycles. The molecule has 0 aliphatic carbocycles. The molecule has 5 N–H and O–H groups in total. The summed E-state index contributed by atoms with van der Waals surface area (Å²) in [5.74, 6) is -0.986. The summed E-state index contributed by atoms with van der Waals surface area (Å²) in [6.07, 6.45) is -7.05. The molecule has 0 aromatic heterocycles. The Kier molecular flexibility index (Phi) is 17.4. The van der Waals surface area contributed by atoms with Gasteiger partial charge >= 0.3 is 5.97 Å². The van der Waals surface area contributed by atoms with Gasteiger partial charge in [0.2, 0.25) is 0 Å². The summed E-state index contributed by atoms with van der Waals surface area (Å²) in [6.45, 7) is 19.8. The first-order valence-corrected chi connectivity index (χ1v) is 19.1. The van der Waals surface area contributed by atoms with Crippen LogP contribution >= 0.6 is 0 Å². The molecule has 2 saturated heterocycles. The zero-order chi connectivity index (χ0) is 40.1. The fraction of sp³-hybridized carbons (Fsp3) is 0.974. The SMILES string of the molecule is CC[C@@H](OC(=O)C(C)C)[C@@](C)(O)[C@H](O)[C@@H](C)N(C)C[C@H](C)C[C@@](C)(O)[C@H](OC1OC(C)CC(N(C)C)C1O)C(C)OC1CC(C)(OC)C(O)C(C)O1. The van der Waals surface area contributed by atoms with E-state index in [1.165, 1.54) is 14.0 Å². The van der Waals surface area contributed by atoms with Crippen LogP contribution in [0, 0.1) is 11.8 Å². The minimum Gasteiger partial charge on any atom is -0.459 e. The van der Waals surface area contributed by atoms with Crippen LogP contribution in [0.5, 0.6) is 0 Å². The van der Waals surface area contributed by atoms with E-state index in [1.54, 1.807) is 55.4 Å². The van der Waals surface area contributed by atoms with E-state index in [0.717, 1.165) is 0 Å². The molecule has 0 aromatic carbocycles. The van der Waals surface area contributed by atoms with Crippen LogP contribution in [0.4, 0.5) is 0 Å². The average molecular weight is 751 g/mol. The van der Waals surface area contributed by atoms with Crippen LogP contribution in [0.25, 0.3) is 0 Å². The van der Waals surface area contributed by atoms with Crippen LogP contribution in [0.15, 0.2) is 0 Å². The van der Waals surface area contributed by atoms with Gasteiger partial charge in [0.1, 0.15) is 36.1 Å². The second kappa shape index (κ2) is 19.2. The van der Waals surface area contributed by atoms with E-state index in [-0.39, 0.29) is 36.8 Å². The molecular formula is C38H74N2O12. The van der Waals surface area contributed by atoms with E-state index < -0.39 is 84.1 Å². The van der Waals surface area contributed by atoms with Crippen molar-refractivity contribution in [2.75, 3.05) is 34.8 Å². The highest BCUT2D eigenvalue weighted by molar-refractivity contribution is 5.71. The predicted octanol–water partition coefficient (Wildman–Crippen LogP) is 2.29. The van der Waals surface area contributed by atoms with Crippen molar-refractivity contribution in [1.29, 1.82) is 0 Å². The second-order valence-corrected chi connectivity index (χ2v) is 16.9. The molecule has 52 heavy (non-hydrogen) atoms. The van der Waals surface area contributed by atoms with Crippen molar-refractivity contribution in [2.24, 2.45) is 11.8 Å². The molecule has 2 heterocycles. The number of carbonyl (C=O) groups is 1. The van der Waals surface area contributed by atoms with Gasteiger partial charge in [-0.2, -0.15) is 0 Å². The molecule has 2 fully saturated rings. The number of likely N-dealkylation sites (N-methyl/N-ethyl adjacent to an activating group) is 2. The summed E-state index contributed by atoms with van der Waals surface area (Å²) in [5.41, 5.74) is -4.16. The molecule has 14 nitrogen and oxygen atoms in total. The molecule has 2 aliphatic heterocycles. The molecule has 2 rings (SSSR count). The number of esters is 1. The zero-order valence-corrected chi connectivity index (χ0v) is 34.6. The minimum atomic E-state index is -1.72. The Bertz CT molecular complexity index is 1090. The number of rotatable bonds is 19. The first-order chi connectivity index (χ1) is 23.8. The van der Waals surface area contributed by atoms with Gasteiger partial charge < -0.3 is 63.8 Å². The van der Waals surface area contributed by atoms with Gasteiger partial charge in [0, 0.05) is 32.2 Å². The number of hydrogen-bond acceptors (Lipinski definition) is 14. The summed E-state index contributed by atoms with van der Waals surface area (Å²) in [5, 5.41) is 57.1. The number of ether oxygens (including phenoxy) is 6. The van der Waals surface area contributed by atoms with E-state index >= 15 is 0 Å². The summed E-state index contributed by atoms with van der Waals surface area (Å²) in [4.78, 5) is 16.2. The molecule has 0 bridgehead atoms. The first kappa shape index (κ1) is 47.1. The lowest BCUT2D eigenvalue weighted by Gasteiger charge is -2.48. The van der Waals surface area contributed by atoms with Crippen LogP contribution in [-0.2, 0) is 33.2 Å². The van der Waals surface area contributed by atoms with Gasteiger partial charge in [-0.3, -0.25) is 4.79 Å². The van der Waals surface area contributed by atoms with Crippen LogP contribution in [0.3, 0.4) is 0 Å². The van der Waals surface area contributed by atoms with Crippen molar-refractivity contribution in [1.82, 2.24) is 9.80 Å². The molecule has 308 valence electrons. The number of carbonyl (C=O) groups excluding carboxylic acids is 1. The Morgan fingerprint density at radius 3 is 2.13 bits per heavy atom. The van der Waals surface area contributed by atoms with Crippen LogP contribution < -0.4 is 0 Å². The molecule has 0 radical (unpaired) electrons. The standard InChI is InChI=1S/C38H74N2O12/c1-16-28(51-34(44)21(2)3)38(11,46)31(42)24(6)40(14)20-22(4)18-36(9,45)33(52-35-30(41)27(39(12)13)17-23(5)48-35)26(8)50-29-19-37(10,47-15)32(43)25(7)49-29/h21-33,35,41-43,45-46H,16-20H2,1-15H3/t22-,23?,24-,25?,26?,27?,28-,29?,30?,31-,32?,33-,35?,36-,37?,38-/m1/s1. The summed E-state index contributed by atoms with van der Waals surface area (Å²) in [7, 11) is 7.14. The van der Waals surface area contributed by atoms with Gasteiger partial charge in [-0.25, -0.2) is 0 Å². The molecule has 0 aromatic rings. The summed E-state index contributed by atoms with van der Waals surface area (Å²) >= 11 is 0. The average Bonchev–Trinajstić information content (AvgIpc) is 3.04. The van der Waals surface area contributed by atoms with Crippen LogP contribution in [0.1, 0.15) is 102 Å². The van der Waals surface area contributed by atoms with E-state index in [2.05, 4.69) is 0 Å². The fourth-order valence-electron chi connectivity index (χ4n) is 7.82. The van der Waals surface area contributed by atoms with Gasteiger partial charge in [0.05, 0.1) is 35.4 Å². The normalized spacial score (nSPS) is 34.6. The summed E-state index contributed by atoms with van der Waals surface area (Å²) < 4.78 is 36.3. The third-order valence-corrected chi connectivity index (χ3v) is 11.3. The first-order valence-electron chi connectivity index (χ1n) is 19.1. The summed E-state index contributed by atoms with van der Waals surface area (Å²) in [6, 6.07) is -0.782. The van der Waals surface area contributed by atoms with Gasteiger partial charge in [-0.15, -0.1) is 0 Å². The Morgan fingerprint density at radius 1 is 1.02 bits per heavy atom. The van der Waals surface area contributed by atoms with E-state index in [1.807, 2.05) is 44.8 Å². The highest BCUT2D eigenvalue weighted by Crippen LogP contribution is 2.36. The van der Waals surface area contributed by atoms with E-state index in [4.69, 9.17) is 28.4 Å². The quantitative estimate of drug-likeness (QED) is 0.121. The number of nitrogens with zero attached hydrogens (tertiary/aromatic N) is 2. The number of methoxy groups -OCH3 is 1. The van der Waals surface area contributed by atoms with Crippen molar-refractivity contribution in [3.63, 3.8) is 0 Å². The molecular weight excluding hydrogens is 676 g/mol. The van der Waals surface area contributed by atoms with Crippen molar-refractivity contribution in [3.05, 3.63) is 0 Å². The lowest BCUT2D eigenvalue weighted by atomic mass is 9.84. The van der Waals surface area contributed by atoms with Crippen molar-refractivity contribution in [2.45, 2.75) is 192 Å². The van der Waals surface area contributed by atoms with Crippen LogP contribution in [-0.4, -0.2) is 166 Å². The maximum absolute atomic E-state index is 12.3. The van der Waals surface area contributed by atoms with Gasteiger partial charge in [0.25, 0.3) is 0 Å². The minimum absolute atomic E-state index is 0.165. The van der Waals surface area contributed by atoms with Crippen molar-refractivity contribution in [3.8, 4) is 0 Å². The Hall–Kier alpha value is -1.01.